The van der Waals surface area contributed by atoms with Gasteiger partial charge in [0.25, 0.3) is 0 Å². The molecule has 0 aromatic carbocycles. The van der Waals surface area contributed by atoms with E-state index in [0.717, 1.165) is 17.8 Å². The first kappa shape index (κ1) is 9.68. The van der Waals surface area contributed by atoms with Crippen molar-refractivity contribution in [2.75, 3.05) is 0 Å². The van der Waals surface area contributed by atoms with Gasteiger partial charge in [-0.2, -0.15) is 0 Å². The minimum absolute atomic E-state index is 0.577. The van der Waals surface area contributed by atoms with Gasteiger partial charge in [-0.1, -0.05) is 13.3 Å². The average Bonchev–Trinajstić information content (AvgIpc) is 2.38. The lowest BCUT2D eigenvalue weighted by molar-refractivity contribution is 0.0505. The van der Waals surface area contributed by atoms with E-state index in [-0.39, 0.29) is 0 Å². The Labute approximate surface area is 77.3 Å². The molecule has 0 aliphatic heterocycles. The molecule has 1 unspecified atom stereocenters. The summed E-state index contributed by atoms with van der Waals surface area (Å²) in [4.78, 5) is 4.14. The maximum atomic E-state index is 9.85. The van der Waals surface area contributed by atoms with Gasteiger partial charge >= 0.3 is 0 Å². The molecule has 0 fully saturated rings. The Hall–Kier alpha value is -0.410. The molecule has 68 valence electrons. The van der Waals surface area contributed by atoms with Gasteiger partial charge in [0.2, 0.25) is 0 Å². The summed E-state index contributed by atoms with van der Waals surface area (Å²) in [5.74, 6) is 0. The number of aliphatic hydroxyl groups is 1. The summed E-state index contributed by atoms with van der Waals surface area (Å²) in [7, 11) is 0. The van der Waals surface area contributed by atoms with Gasteiger partial charge in [-0.15, -0.1) is 11.3 Å². The first-order chi connectivity index (χ1) is 5.64. The molecule has 0 aliphatic rings. The molecule has 1 aromatic heterocycles. The van der Waals surface area contributed by atoms with Crippen molar-refractivity contribution in [1.82, 2.24) is 4.98 Å². The number of thiazole rings is 1. The van der Waals surface area contributed by atoms with Crippen LogP contribution in [0.1, 0.15) is 31.7 Å². The van der Waals surface area contributed by atoms with Gasteiger partial charge in [0.05, 0.1) is 10.6 Å². The van der Waals surface area contributed by atoms with Gasteiger partial charge in [-0.25, -0.2) is 4.98 Å². The quantitative estimate of drug-likeness (QED) is 0.780. The fourth-order valence-corrected chi connectivity index (χ4v) is 2.09. The summed E-state index contributed by atoms with van der Waals surface area (Å²) in [5, 5.41) is 12.8. The molecule has 0 saturated heterocycles. The Morgan fingerprint density at radius 2 is 2.42 bits per heavy atom. The molecule has 2 nitrogen and oxygen atoms in total. The van der Waals surface area contributed by atoms with E-state index in [1.165, 1.54) is 0 Å². The van der Waals surface area contributed by atoms with Crippen LogP contribution in [0.2, 0.25) is 0 Å². The molecular formula is C9H15NOS. The Balaban J connectivity index is 2.50. The summed E-state index contributed by atoms with van der Waals surface area (Å²) >= 11 is 1.60. The summed E-state index contributed by atoms with van der Waals surface area (Å²) in [6, 6.07) is 0. The van der Waals surface area contributed by atoms with Gasteiger partial charge in [0.1, 0.15) is 0 Å². The predicted molar refractivity (Wildman–Crippen MR) is 51.3 cm³/mol. The third kappa shape index (κ3) is 2.91. The van der Waals surface area contributed by atoms with Crippen molar-refractivity contribution >= 4 is 11.3 Å². The number of hydrogen-bond donors (Lipinski definition) is 1. The van der Waals surface area contributed by atoms with Crippen molar-refractivity contribution in [2.24, 2.45) is 0 Å². The van der Waals surface area contributed by atoms with E-state index in [0.29, 0.717) is 6.42 Å². The van der Waals surface area contributed by atoms with Crippen molar-refractivity contribution < 1.29 is 5.11 Å². The number of hydrogen-bond acceptors (Lipinski definition) is 3. The monoisotopic (exact) mass is 185 g/mol. The molecule has 1 rings (SSSR count). The summed E-state index contributed by atoms with van der Waals surface area (Å²) in [5.41, 5.74) is -0.577. The maximum Gasteiger partial charge on any atom is 0.0953 e. The Bertz CT molecular complexity index is 218. The molecule has 1 atom stereocenters. The molecule has 0 aliphatic carbocycles. The molecule has 1 aromatic rings. The van der Waals surface area contributed by atoms with E-state index < -0.39 is 5.60 Å². The van der Waals surface area contributed by atoms with Crippen LogP contribution < -0.4 is 0 Å². The van der Waals surface area contributed by atoms with Crippen LogP contribution in [-0.4, -0.2) is 15.7 Å². The molecule has 0 bridgehead atoms. The number of rotatable bonds is 4. The summed E-state index contributed by atoms with van der Waals surface area (Å²) in [6.07, 6.45) is 4.31. The number of aromatic nitrogens is 1. The first-order valence-corrected chi connectivity index (χ1v) is 5.13. The van der Waals surface area contributed by atoms with Crippen LogP contribution in [0, 0.1) is 0 Å². The Kier molecular flexibility index (Phi) is 3.23. The Morgan fingerprint density at radius 1 is 1.67 bits per heavy atom. The molecule has 0 spiro atoms. The van der Waals surface area contributed by atoms with Crippen molar-refractivity contribution in [2.45, 2.75) is 38.7 Å². The van der Waals surface area contributed by atoms with Crippen LogP contribution in [0.3, 0.4) is 0 Å². The van der Waals surface area contributed by atoms with Crippen LogP contribution in [0.4, 0.5) is 0 Å². The molecule has 0 saturated carbocycles. The second-order valence-electron chi connectivity index (χ2n) is 3.35. The zero-order valence-electron chi connectivity index (χ0n) is 7.58. The van der Waals surface area contributed by atoms with Crippen LogP contribution in [0.15, 0.2) is 11.6 Å². The Morgan fingerprint density at radius 3 is 2.92 bits per heavy atom. The normalized spacial score (nSPS) is 15.9. The smallest absolute Gasteiger partial charge is 0.0953 e. The van der Waals surface area contributed by atoms with E-state index in [1.54, 1.807) is 17.5 Å². The lowest BCUT2D eigenvalue weighted by Gasteiger charge is -2.20. The van der Waals surface area contributed by atoms with Crippen molar-refractivity contribution in [3.63, 3.8) is 0 Å². The summed E-state index contributed by atoms with van der Waals surface area (Å²) in [6.45, 7) is 3.95. The van der Waals surface area contributed by atoms with Crippen LogP contribution in [-0.2, 0) is 6.42 Å². The average molecular weight is 185 g/mol. The fraction of sp³-hybridized carbons (Fsp3) is 0.667. The SMILES string of the molecule is CCCC(C)(O)Cc1nccs1. The minimum atomic E-state index is -0.577. The van der Waals surface area contributed by atoms with Gasteiger partial charge < -0.3 is 5.11 Å². The largest absolute Gasteiger partial charge is 0.390 e. The van der Waals surface area contributed by atoms with Gasteiger partial charge in [-0.3, -0.25) is 0 Å². The molecule has 12 heavy (non-hydrogen) atoms. The van der Waals surface area contributed by atoms with E-state index in [2.05, 4.69) is 11.9 Å². The topological polar surface area (TPSA) is 33.1 Å². The lowest BCUT2D eigenvalue weighted by Crippen LogP contribution is -2.26. The van der Waals surface area contributed by atoms with Crippen LogP contribution in [0.5, 0.6) is 0 Å². The van der Waals surface area contributed by atoms with E-state index in [4.69, 9.17) is 0 Å². The van der Waals surface area contributed by atoms with Crippen molar-refractivity contribution in [3.05, 3.63) is 16.6 Å². The lowest BCUT2D eigenvalue weighted by atomic mass is 9.97. The zero-order chi connectivity index (χ0) is 9.03. The highest BCUT2D eigenvalue weighted by molar-refractivity contribution is 7.09. The third-order valence-corrected chi connectivity index (χ3v) is 2.58. The van der Waals surface area contributed by atoms with Gasteiger partial charge in [0, 0.05) is 18.0 Å². The molecule has 1 heterocycles. The highest BCUT2D eigenvalue weighted by Gasteiger charge is 2.20. The fourth-order valence-electron chi connectivity index (χ4n) is 1.29. The van der Waals surface area contributed by atoms with Crippen LogP contribution >= 0.6 is 11.3 Å². The van der Waals surface area contributed by atoms with E-state index in [9.17, 15) is 5.11 Å². The minimum Gasteiger partial charge on any atom is -0.390 e. The van der Waals surface area contributed by atoms with E-state index >= 15 is 0 Å². The zero-order valence-corrected chi connectivity index (χ0v) is 8.40. The van der Waals surface area contributed by atoms with Gasteiger partial charge in [0.15, 0.2) is 0 Å². The molecule has 0 amide bonds. The maximum absolute atomic E-state index is 9.85. The van der Waals surface area contributed by atoms with Crippen molar-refractivity contribution in [3.8, 4) is 0 Å². The molecule has 1 N–H and O–H groups in total. The second kappa shape index (κ2) is 4.01. The number of nitrogens with zero attached hydrogens (tertiary/aromatic N) is 1. The standard InChI is InChI=1S/C9H15NOS/c1-3-4-9(2,11)7-8-10-5-6-12-8/h5-6,11H,3-4,7H2,1-2H3. The highest BCUT2D eigenvalue weighted by Crippen LogP contribution is 2.19. The van der Waals surface area contributed by atoms with Crippen LogP contribution in [0.25, 0.3) is 0 Å². The predicted octanol–water partition coefficient (Wildman–Crippen LogP) is 2.24. The van der Waals surface area contributed by atoms with Crippen molar-refractivity contribution in [1.29, 1.82) is 0 Å². The van der Waals surface area contributed by atoms with Gasteiger partial charge in [-0.05, 0) is 13.3 Å². The third-order valence-electron chi connectivity index (χ3n) is 1.80. The molecule has 3 heteroatoms. The molecule has 0 radical (unpaired) electrons. The summed E-state index contributed by atoms with van der Waals surface area (Å²) < 4.78 is 0. The van der Waals surface area contributed by atoms with E-state index in [1.807, 2.05) is 12.3 Å². The molecular weight excluding hydrogens is 170 g/mol. The second-order valence-corrected chi connectivity index (χ2v) is 4.33. The highest BCUT2D eigenvalue weighted by atomic mass is 32.1. The first-order valence-electron chi connectivity index (χ1n) is 4.25.